The number of nitrogens with zero attached hydrogens (tertiary/aromatic N) is 1. The largest absolute Gasteiger partial charge is 0.482 e. The van der Waals surface area contributed by atoms with Crippen LogP contribution in [-0.4, -0.2) is 29.4 Å². The Kier molecular flexibility index (Phi) is 5.60. The fraction of sp³-hybridized carbons (Fsp3) is 0.500. The zero-order valence-electron chi connectivity index (χ0n) is 12.3. The van der Waals surface area contributed by atoms with E-state index >= 15 is 0 Å². The molecule has 1 aliphatic heterocycles. The van der Waals surface area contributed by atoms with Gasteiger partial charge in [-0.2, -0.15) is 5.10 Å². The van der Waals surface area contributed by atoms with Crippen molar-refractivity contribution in [2.24, 2.45) is 5.10 Å². The minimum Gasteiger partial charge on any atom is -0.482 e. The molecule has 1 aromatic carbocycles. The Labute approximate surface area is 125 Å². The molecule has 0 saturated carbocycles. The van der Waals surface area contributed by atoms with Crippen LogP contribution in [0.15, 0.2) is 29.4 Å². The van der Waals surface area contributed by atoms with Crippen LogP contribution in [0, 0.1) is 0 Å². The molecule has 1 aliphatic rings. The van der Waals surface area contributed by atoms with Gasteiger partial charge in [0, 0.05) is 12.5 Å². The number of ether oxygens (including phenoxy) is 1. The zero-order chi connectivity index (χ0) is 15.1. The van der Waals surface area contributed by atoms with Gasteiger partial charge in [-0.25, -0.2) is 4.79 Å². The van der Waals surface area contributed by atoms with E-state index < -0.39 is 5.97 Å². The Morgan fingerprint density at radius 2 is 2.14 bits per heavy atom. The first-order valence-corrected chi connectivity index (χ1v) is 7.46. The Balaban J connectivity index is 1.84. The van der Waals surface area contributed by atoms with Crippen LogP contribution in [0.2, 0.25) is 0 Å². The predicted octanol–water partition coefficient (Wildman–Crippen LogP) is 2.80. The van der Waals surface area contributed by atoms with Crippen molar-refractivity contribution in [2.75, 3.05) is 6.61 Å². The van der Waals surface area contributed by atoms with Gasteiger partial charge in [-0.15, -0.1) is 0 Å². The van der Waals surface area contributed by atoms with Crippen molar-refractivity contribution in [1.82, 2.24) is 5.43 Å². The van der Waals surface area contributed by atoms with Crippen LogP contribution in [0.5, 0.6) is 5.75 Å². The Bertz CT molecular complexity index is 497. The maximum atomic E-state index is 10.4. The average Bonchev–Trinajstić information content (AvgIpc) is 2.95. The van der Waals surface area contributed by atoms with Crippen LogP contribution in [0.1, 0.15) is 44.6 Å². The molecule has 1 unspecified atom stereocenters. The number of aliphatic carboxylic acids is 1. The molecule has 0 fully saturated rings. The average molecular weight is 290 g/mol. The zero-order valence-corrected chi connectivity index (χ0v) is 12.3. The summed E-state index contributed by atoms with van der Waals surface area (Å²) in [4.78, 5) is 10.4. The molecule has 0 amide bonds. The summed E-state index contributed by atoms with van der Waals surface area (Å²) in [6.07, 6.45) is 5.83. The van der Waals surface area contributed by atoms with Crippen LogP contribution in [0.3, 0.4) is 0 Å². The Morgan fingerprint density at radius 1 is 1.38 bits per heavy atom. The van der Waals surface area contributed by atoms with Gasteiger partial charge >= 0.3 is 5.97 Å². The molecule has 1 atom stereocenters. The molecule has 2 N–H and O–H groups in total. The quantitative estimate of drug-likeness (QED) is 0.722. The van der Waals surface area contributed by atoms with Crippen molar-refractivity contribution in [1.29, 1.82) is 0 Å². The number of hydrazone groups is 1. The summed E-state index contributed by atoms with van der Waals surface area (Å²) < 4.78 is 5.12. The second-order valence-corrected chi connectivity index (χ2v) is 5.29. The molecular weight excluding hydrogens is 268 g/mol. The van der Waals surface area contributed by atoms with Crippen molar-refractivity contribution >= 4 is 11.7 Å². The van der Waals surface area contributed by atoms with Crippen molar-refractivity contribution in [3.8, 4) is 5.75 Å². The van der Waals surface area contributed by atoms with Gasteiger partial charge in [-0.1, -0.05) is 26.2 Å². The van der Waals surface area contributed by atoms with Crippen molar-refractivity contribution < 1.29 is 14.6 Å². The monoisotopic (exact) mass is 290 g/mol. The topological polar surface area (TPSA) is 70.9 Å². The summed E-state index contributed by atoms with van der Waals surface area (Å²) in [7, 11) is 0. The third-order valence-electron chi connectivity index (χ3n) is 3.53. The fourth-order valence-corrected chi connectivity index (χ4v) is 2.37. The van der Waals surface area contributed by atoms with E-state index in [1.54, 1.807) is 12.1 Å². The summed E-state index contributed by atoms with van der Waals surface area (Å²) in [5, 5.41) is 13.0. The minimum absolute atomic E-state index is 0.318. The summed E-state index contributed by atoms with van der Waals surface area (Å²) in [5.74, 6) is -0.412. The summed E-state index contributed by atoms with van der Waals surface area (Å²) >= 11 is 0. The molecule has 5 nitrogen and oxygen atoms in total. The number of hydrogen-bond acceptors (Lipinski definition) is 4. The highest BCUT2D eigenvalue weighted by atomic mass is 16.5. The molecule has 0 radical (unpaired) electrons. The SMILES string of the molecule is CCCCCC1CC(c2ccc(OCC(=O)O)cc2)=NN1. The second kappa shape index (κ2) is 7.67. The van der Waals surface area contributed by atoms with E-state index in [2.05, 4.69) is 17.5 Å². The number of nitrogens with one attached hydrogen (secondary N) is 1. The van der Waals surface area contributed by atoms with Gasteiger partial charge in [-0.3, -0.25) is 0 Å². The minimum atomic E-state index is -0.974. The van der Waals surface area contributed by atoms with Gasteiger partial charge in [0.1, 0.15) is 5.75 Å². The van der Waals surface area contributed by atoms with Crippen molar-refractivity contribution in [3.63, 3.8) is 0 Å². The number of rotatable bonds is 8. The maximum absolute atomic E-state index is 10.4. The number of carboxylic acids is 1. The molecule has 1 aromatic rings. The molecule has 114 valence electrons. The van der Waals surface area contributed by atoms with Crippen LogP contribution < -0.4 is 10.2 Å². The smallest absolute Gasteiger partial charge is 0.341 e. The molecule has 0 aliphatic carbocycles. The van der Waals surface area contributed by atoms with Crippen LogP contribution >= 0.6 is 0 Å². The van der Waals surface area contributed by atoms with Crippen LogP contribution in [-0.2, 0) is 4.79 Å². The number of carbonyl (C=O) groups is 1. The standard InChI is InChI=1S/C16H22N2O3/c1-2-3-4-5-13-10-15(18-17-13)12-6-8-14(9-7-12)21-11-16(19)20/h6-9,13,17H,2-5,10-11H2,1H3,(H,19,20). The third-order valence-corrected chi connectivity index (χ3v) is 3.53. The molecular formula is C16H22N2O3. The lowest BCUT2D eigenvalue weighted by molar-refractivity contribution is -0.139. The highest BCUT2D eigenvalue weighted by molar-refractivity contribution is 6.01. The maximum Gasteiger partial charge on any atom is 0.341 e. The molecule has 0 aromatic heterocycles. The van der Waals surface area contributed by atoms with Gasteiger partial charge in [0.2, 0.25) is 0 Å². The van der Waals surface area contributed by atoms with E-state index in [1.165, 1.54) is 19.3 Å². The molecule has 0 bridgehead atoms. The number of unbranched alkanes of at least 4 members (excludes halogenated alkanes) is 2. The molecule has 5 heteroatoms. The van der Waals surface area contributed by atoms with Gasteiger partial charge in [0.25, 0.3) is 0 Å². The first kappa shape index (κ1) is 15.4. The van der Waals surface area contributed by atoms with E-state index in [4.69, 9.17) is 9.84 Å². The van der Waals surface area contributed by atoms with E-state index in [1.807, 2.05) is 12.1 Å². The Hall–Kier alpha value is -2.04. The molecule has 21 heavy (non-hydrogen) atoms. The molecule has 0 spiro atoms. The van der Waals surface area contributed by atoms with E-state index in [9.17, 15) is 4.79 Å². The van der Waals surface area contributed by atoms with E-state index in [-0.39, 0.29) is 6.61 Å². The summed E-state index contributed by atoms with van der Waals surface area (Å²) in [6.45, 7) is 1.89. The van der Waals surface area contributed by atoms with E-state index in [0.29, 0.717) is 11.8 Å². The lowest BCUT2D eigenvalue weighted by Crippen LogP contribution is -2.19. The summed E-state index contributed by atoms with van der Waals surface area (Å²) in [5.41, 5.74) is 5.31. The predicted molar refractivity (Wildman–Crippen MR) is 81.8 cm³/mol. The lowest BCUT2D eigenvalue weighted by atomic mass is 10.0. The number of benzene rings is 1. The second-order valence-electron chi connectivity index (χ2n) is 5.29. The molecule has 2 rings (SSSR count). The van der Waals surface area contributed by atoms with Crippen LogP contribution in [0.25, 0.3) is 0 Å². The van der Waals surface area contributed by atoms with Gasteiger partial charge < -0.3 is 15.3 Å². The van der Waals surface area contributed by atoms with Gasteiger partial charge in [-0.05, 0) is 36.2 Å². The first-order valence-electron chi connectivity index (χ1n) is 7.46. The lowest BCUT2D eigenvalue weighted by Gasteiger charge is -2.08. The van der Waals surface area contributed by atoms with Crippen molar-refractivity contribution in [3.05, 3.63) is 29.8 Å². The number of carboxylic acid groups (broad SMARTS) is 1. The highest BCUT2D eigenvalue weighted by Gasteiger charge is 2.18. The molecule has 1 heterocycles. The van der Waals surface area contributed by atoms with Crippen molar-refractivity contribution in [2.45, 2.75) is 45.1 Å². The number of hydrogen-bond donors (Lipinski definition) is 2. The third kappa shape index (κ3) is 4.77. The first-order chi connectivity index (χ1) is 10.2. The Morgan fingerprint density at radius 3 is 2.81 bits per heavy atom. The van der Waals surface area contributed by atoms with Crippen LogP contribution in [0.4, 0.5) is 0 Å². The van der Waals surface area contributed by atoms with E-state index in [0.717, 1.165) is 24.1 Å². The highest BCUT2D eigenvalue weighted by Crippen LogP contribution is 2.19. The summed E-state index contributed by atoms with van der Waals surface area (Å²) in [6, 6.07) is 7.85. The van der Waals surface area contributed by atoms with Gasteiger partial charge in [0.05, 0.1) is 5.71 Å². The molecule has 0 saturated heterocycles. The van der Waals surface area contributed by atoms with Gasteiger partial charge in [0.15, 0.2) is 6.61 Å². The fourth-order valence-electron chi connectivity index (χ4n) is 2.37. The normalized spacial score (nSPS) is 17.2.